The van der Waals surface area contributed by atoms with Crippen molar-refractivity contribution in [1.82, 2.24) is 14.5 Å². The Balaban J connectivity index is 2.56. The van der Waals surface area contributed by atoms with Crippen molar-refractivity contribution in [1.29, 1.82) is 0 Å². The van der Waals surface area contributed by atoms with E-state index in [2.05, 4.69) is 10.2 Å². The van der Waals surface area contributed by atoms with E-state index in [9.17, 15) is 13.2 Å². The maximum atomic E-state index is 12.7. The zero-order valence-electron chi connectivity index (χ0n) is 12.8. The molecular formula is C15H19N3O3S. The zero-order chi connectivity index (χ0) is 16.3. The molecule has 0 radical (unpaired) electrons. The van der Waals surface area contributed by atoms with Crippen LogP contribution in [0, 0.1) is 6.92 Å². The topological polar surface area (TPSA) is 83.1 Å². The Bertz CT molecular complexity index is 804. The number of aromatic nitrogens is 2. The van der Waals surface area contributed by atoms with Crippen molar-refractivity contribution in [3.8, 4) is 11.3 Å². The van der Waals surface area contributed by atoms with Gasteiger partial charge in [0, 0.05) is 24.7 Å². The summed E-state index contributed by atoms with van der Waals surface area (Å²) in [6.07, 6.45) is 0. The van der Waals surface area contributed by atoms with E-state index in [1.807, 2.05) is 13.8 Å². The lowest BCUT2D eigenvalue weighted by molar-refractivity contribution is 0.445. The van der Waals surface area contributed by atoms with E-state index in [-0.39, 0.29) is 10.5 Å². The number of benzene rings is 1. The second kappa shape index (κ2) is 6.41. The van der Waals surface area contributed by atoms with Crippen molar-refractivity contribution in [3.05, 3.63) is 46.2 Å². The molecule has 22 heavy (non-hydrogen) atoms. The predicted molar refractivity (Wildman–Crippen MR) is 85.1 cm³/mol. The Morgan fingerprint density at radius 1 is 1.14 bits per heavy atom. The van der Waals surface area contributed by atoms with Crippen molar-refractivity contribution in [2.45, 2.75) is 25.7 Å². The number of aromatic amines is 1. The standard InChI is InChI=1S/C15H19N3O3S/c1-4-18(5-2)22(20,21)14-10-12(7-6-11(14)3)13-8-9-15(19)17-16-13/h6-10H,4-5H2,1-3H3,(H,17,19). The van der Waals surface area contributed by atoms with Gasteiger partial charge in [0.15, 0.2) is 0 Å². The van der Waals surface area contributed by atoms with Crippen LogP contribution in [0.4, 0.5) is 0 Å². The van der Waals surface area contributed by atoms with Gasteiger partial charge in [-0.1, -0.05) is 26.0 Å². The summed E-state index contributed by atoms with van der Waals surface area (Å²) in [6.45, 7) is 6.21. The molecule has 118 valence electrons. The van der Waals surface area contributed by atoms with Gasteiger partial charge in [-0.2, -0.15) is 9.40 Å². The van der Waals surface area contributed by atoms with Crippen molar-refractivity contribution in [2.75, 3.05) is 13.1 Å². The highest BCUT2D eigenvalue weighted by Crippen LogP contribution is 2.25. The number of hydrogen-bond donors (Lipinski definition) is 1. The number of H-pyrrole nitrogens is 1. The summed E-state index contributed by atoms with van der Waals surface area (Å²) < 4.78 is 26.8. The molecule has 0 unspecified atom stereocenters. The number of nitrogens with zero attached hydrogens (tertiary/aromatic N) is 2. The van der Waals surface area contributed by atoms with Gasteiger partial charge in [-0.15, -0.1) is 0 Å². The first-order chi connectivity index (χ1) is 10.4. The highest BCUT2D eigenvalue weighted by molar-refractivity contribution is 7.89. The van der Waals surface area contributed by atoms with Crippen LogP contribution < -0.4 is 5.56 Å². The second-order valence-corrected chi connectivity index (χ2v) is 6.78. The Labute approximate surface area is 129 Å². The summed E-state index contributed by atoms with van der Waals surface area (Å²) in [5.41, 5.74) is 1.55. The molecule has 0 aliphatic carbocycles. The van der Waals surface area contributed by atoms with E-state index >= 15 is 0 Å². The number of aryl methyl sites for hydroxylation is 1. The molecule has 0 saturated heterocycles. The monoisotopic (exact) mass is 321 g/mol. The number of nitrogens with one attached hydrogen (secondary N) is 1. The highest BCUT2D eigenvalue weighted by atomic mass is 32.2. The van der Waals surface area contributed by atoms with Gasteiger partial charge in [0.1, 0.15) is 0 Å². The molecule has 0 bridgehead atoms. The fraction of sp³-hybridized carbons (Fsp3) is 0.333. The lowest BCUT2D eigenvalue weighted by atomic mass is 10.1. The van der Waals surface area contributed by atoms with Crippen LogP contribution in [-0.2, 0) is 10.0 Å². The van der Waals surface area contributed by atoms with Gasteiger partial charge in [-0.05, 0) is 24.6 Å². The molecule has 0 amide bonds. The average Bonchev–Trinajstić information content (AvgIpc) is 2.49. The first kappa shape index (κ1) is 16.4. The molecule has 1 aromatic heterocycles. The smallest absolute Gasteiger partial charge is 0.264 e. The minimum Gasteiger partial charge on any atom is -0.268 e. The van der Waals surface area contributed by atoms with E-state index in [4.69, 9.17) is 0 Å². The Morgan fingerprint density at radius 3 is 2.36 bits per heavy atom. The summed E-state index contributed by atoms with van der Waals surface area (Å²) in [7, 11) is -3.54. The van der Waals surface area contributed by atoms with Gasteiger partial charge in [0.25, 0.3) is 5.56 Å². The van der Waals surface area contributed by atoms with Crippen LogP contribution in [-0.4, -0.2) is 36.0 Å². The van der Waals surface area contributed by atoms with Gasteiger partial charge < -0.3 is 0 Å². The molecular weight excluding hydrogens is 302 g/mol. The van der Waals surface area contributed by atoms with E-state index in [1.54, 1.807) is 31.2 Å². The third-order valence-electron chi connectivity index (χ3n) is 3.49. The number of sulfonamides is 1. The highest BCUT2D eigenvalue weighted by Gasteiger charge is 2.24. The van der Waals surface area contributed by atoms with E-state index in [1.165, 1.54) is 10.4 Å². The van der Waals surface area contributed by atoms with E-state index in [0.717, 1.165) is 0 Å². The van der Waals surface area contributed by atoms with Crippen LogP contribution in [0.3, 0.4) is 0 Å². The van der Waals surface area contributed by atoms with E-state index in [0.29, 0.717) is 29.9 Å². The zero-order valence-corrected chi connectivity index (χ0v) is 13.6. The largest absolute Gasteiger partial charge is 0.268 e. The lowest BCUT2D eigenvalue weighted by Gasteiger charge is -2.20. The first-order valence-electron chi connectivity index (χ1n) is 7.07. The molecule has 1 heterocycles. The van der Waals surface area contributed by atoms with Crippen LogP contribution >= 0.6 is 0 Å². The van der Waals surface area contributed by atoms with Gasteiger partial charge in [-0.3, -0.25) is 4.79 Å². The van der Waals surface area contributed by atoms with Crippen LogP contribution in [0.1, 0.15) is 19.4 Å². The lowest BCUT2D eigenvalue weighted by Crippen LogP contribution is -2.31. The quantitative estimate of drug-likeness (QED) is 0.910. The molecule has 0 atom stereocenters. The number of hydrogen-bond acceptors (Lipinski definition) is 4. The molecule has 1 aromatic carbocycles. The van der Waals surface area contributed by atoms with Crippen molar-refractivity contribution < 1.29 is 8.42 Å². The van der Waals surface area contributed by atoms with Crippen LogP contribution in [0.25, 0.3) is 11.3 Å². The van der Waals surface area contributed by atoms with Crippen molar-refractivity contribution in [2.24, 2.45) is 0 Å². The molecule has 0 spiro atoms. The fourth-order valence-corrected chi connectivity index (χ4v) is 3.95. The summed E-state index contributed by atoms with van der Waals surface area (Å²) in [4.78, 5) is 11.3. The fourth-order valence-electron chi connectivity index (χ4n) is 2.25. The third kappa shape index (κ3) is 3.10. The van der Waals surface area contributed by atoms with Crippen molar-refractivity contribution in [3.63, 3.8) is 0 Å². The predicted octanol–water partition coefficient (Wildman–Crippen LogP) is 1.78. The Kier molecular flexibility index (Phi) is 4.77. The van der Waals surface area contributed by atoms with Gasteiger partial charge in [0.2, 0.25) is 10.0 Å². The maximum absolute atomic E-state index is 12.7. The van der Waals surface area contributed by atoms with Gasteiger partial charge in [0.05, 0.1) is 10.6 Å². The van der Waals surface area contributed by atoms with Crippen molar-refractivity contribution >= 4 is 10.0 Å². The van der Waals surface area contributed by atoms with Gasteiger partial charge in [-0.25, -0.2) is 13.5 Å². The first-order valence-corrected chi connectivity index (χ1v) is 8.51. The molecule has 2 aromatic rings. The third-order valence-corrected chi connectivity index (χ3v) is 5.68. The maximum Gasteiger partial charge on any atom is 0.264 e. The molecule has 0 aliphatic heterocycles. The summed E-state index contributed by atoms with van der Waals surface area (Å²) in [5, 5.41) is 6.29. The summed E-state index contributed by atoms with van der Waals surface area (Å²) >= 11 is 0. The Morgan fingerprint density at radius 2 is 1.82 bits per heavy atom. The average molecular weight is 321 g/mol. The van der Waals surface area contributed by atoms with Crippen LogP contribution in [0.2, 0.25) is 0 Å². The summed E-state index contributed by atoms with van der Waals surface area (Å²) in [6, 6.07) is 8.07. The van der Waals surface area contributed by atoms with Crippen LogP contribution in [0.5, 0.6) is 0 Å². The van der Waals surface area contributed by atoms with Crippen LogP contribution in [0.15, 0.2) is 40.0 Å². The molecule has 1 N–H and O–H groups in total. The normalized spacial score (nSPS) is 11.8. The second-order valence-electron chi connectivity index (χ2n) is 4.88. The molecule has 0 aliphatic rings. The minimum absolute atomic E-state index is 0.265. The van der Waals surface area contributed by atoms with Gasteiger partial charge >= 0.3 is 0 Å². The molecule has 0 fully saturated rings. The molecule has 2 rings (SSSR count). The summed E-state index contributed by atoms with van der Waals surface area (Å²) in [5.74, 6) is 0. The molecule has 7 heteroatoms. The Hall–Kier alpha value is -1.99. The minimum atomic E-state index is -3.54. The number of rotatable bonds is 5. The van der Waals surface area contributed by atoms with E-state index < -0.39 is 10.0 Å². The SMILES string of the molecule is CCN(CC)S(=O)(=O)c1cc(-c2ccc(=O)[nH]n2)ccc1C. The molecule has 6 nitrogen and oxygen atoms in total. The molecule has 0 saturated carbocycles.